The zero-order valence-electron chi connectivity index (χ0n) is 15.0. The first kappa shape index (κ1) is 15.6. The number of ether oxygens (including phenoxy) is 1. The zero-order chi connectivity index (χ0) is 18.2. The van der Waals surface area contributed by atoms with Gasteiger partial charge in [0.05, 0.1) is 24.2 Å². The molecule has 0 amide bonds. The Morgan fingerprint density at radius 3 is 2.22 bits per heavy atom. The number of hydrogen-bond acceptors (Lipinski definition) is 3. The van der Waals surface area contributed by atoms with E-state index in [-0.39, 0.29) is 0 Å². The van der Waals surface area contributed by atoms with Gasteiger partial charge in [-0.1, -0.05) is 60.7 Å². The van der Waals surface area contributed by atoms with Crippen LogP contribution in [0.1, 0.15) is 11.1 Å². The molecule has 0 N–H and O–H groups in total. The summed E-state index contributed by atoms with van der Waals surface area (Å²) in [5, 5.41) is 9.33. The summed E-state index contributed by atoms with van der Waals surface area (Å²) in [6.07, 6.45) is 0. The monoisotopic (exact) mass is 350 g/mol. The third kappa shape index (κ3) is 2.48. The van der Waals surface area contributed by atoms with Crippen LogP contribution in [-0.2, 0) is 0 Å². The number of anilines is 2. The number of methoxy groups -OCH3 is 1. The van der Waals surface area contributed by atoms with Gasteiger partial charge < -0.3 is 4.74 Å². The highest BCUT2D eigenvalue weighted by atomic mass is 16.5. The van der Waals surface area contributed by atoms with Gasteiger partial charge in [-0.05, 0) is 30.3 Å². The van der Waals surface area contributed by atoms with Gasteiger partial charge in [0, 0.05) is 21.9 Å². The molecule has 4 aromatic carbocycles. The van der Waals surface area contributed by atoms with E-state index in [4.69, 9.17) is 9.84 Å². The fraction of sp³-hybridized carbons (Fsp3) is 0.0417. The van der Waals surface area contributed by atoms with E-state index in [0.29, 0.717) is 0 Å². The van der Waals surface area contributed by atoms with Gasteiger partial charge in [0.2, 0.25) is 0 Å². The summed E-state index contributed by atoms with van der Waals surface area (Å²) in [6, 6.07) is 31.0. The summed E-state index contributed by atoms with van der Waals surface area (Å²) in [5.74, 6) is 0.873. The molecule has 130 valence electrons. The van der Waals surface area contributed by atoms with E-state index in [0.717, 1.165) is 44.7 Å². The SMILES string of the molecule is COc1ccc2c3c(cccc13)N(c1ccccc1)N=C2c1ccccc1. The highest BCUT2D eigenvalue weighted by molar-refractivity contribution is 6.24. The van der Waals surface area contributed by atoms with Crippen LogP contribution < -0.4 is 9.75 Å². The lowest BCUT2D eigenvalue weighted by molar-refractivity contribution is 0.420. The normalized spacial score (nSPS) is 12.8. The molecule has 1 aliphatic rings. The maximum atomic E-state index is 5.63. The largest absolute Gasteiger partial charge is 0.496 e. The molecular formula is C24H18N2O. The van der Waals surface area contributed by atoms with Crippen molar-refractivity contribution in [2.45, 2.75) is 0 Å². The van der Waals surface area contributed by atoms with Crippen LogP contribution in [0.2, 0.25) is 0 Å². The lowest BCUT2D eigenvalue weighted by Gasteiger charge is -2.28. The quantitative estimate of drug-likeness (QED) is 0.470. The highest BCUT2D eigenvalue weighted by Gasteiger charge is 2.25. The van der Waals surface area contributed by atoms with Crippen LogP contribution in [0.3, 0.4) is 0 Å². The van der Waals surface area contributed by atoms with Gasteiger partial charge >= 0.3 is 0 Å². The summed E-state index contributed by atoms with van der Waals surface area (Å²) in [4.78, 5) is 0. The number of nitrogens with zero attached hydrogens (tertiary/aromatic N) is 2. The number of rotatable bonds is 3. The molecule has 0 radical (unpaired) electrons. The van der Waals surface area contributed by atoms with Crippen molar-refractivity contribution in [1.82, 2.24) is 0 Å². The molecule has 0 bridgehead atoms. The average Bonchev–Trinajstić information content (AvgIpc) is 2.75. The Labute approximate surface area is 158 Å². The van der Waals surface area contributed by atoms with Gasteiger partial charge in [-0.25, -0.2) is 5.01 Å². The second-order valence-electron chi connectivity index (χ2n) is 6.48. The number of hydrazone groups is 1. The van der Waals surface area contributed by atoms with Crippen LogP contribution in [-0.4, -0.2) is 12.8 Å². The fourth-order valence-electron chi connectivity index (χ4n) is 3.70. The third-order valence-electron chi connectivity index (χ3n) is 4.93. The van der Waals surface area contributed by atoms with E-state index in [1.165, 1.54) is 0 Å². The Hall–Kier alpha value is -3.59. The molecule has 0 unspecified atom stereocenters. The van der Waals surface area contributed by atoms with Crippen molar-refractivity contribution in [1.29, 1.82) is 0 Å². The third-order valence-corrected chi connectivity index (χ3v) is 4.93. The molecule has 3 nitrogen and oxygen atoms in total. The molecule has 27 heavy (non-hydrogen) atoms. The molecule has 0 aliphatic carbocycles. The standard InChI is InChI=1S/C24H18N2O/c1-27-22-16-15-20-23-19(22)13-8-14-21(23)26(18-11-6-3-7-12-18)25-24(20)17-9-4-2-5-10-17/h2-16H,1H3. The Balaban J connectivity index is 1.86. The van der Waals surface area contributed by atoms with Crippen molar-refractivity contribution in [3.05, 3.63) is 102 Å². The Kier molecular flexibility index (Phi) is 3.65. The van der Waals surface area contributed by atoms with E-state index in [1.807, 2.05) is 47.5 Å². The van der Waals surface area contributed by atoms with Crippen molar-refractivity contribution in [2.24, 2.45) is 5.10 Å². The van der Waals surface area contributed by atoms with Crippen LogP contribution in [0.15, 0.2) is 96.1 Å². The summed E-state index contributed by atoms with van der Waals surface area (Å²) < 4.78 is 5.63. The van der Waals surface area contributed by atoms with E-state index >= 15 is 0 Å². The van der Waals surface area contributed by atoms with Crippen LogP contribution in [0.4, 0.5) is 11.4 Å². The molecule has 1 heterocycles. The number of hydrogen-bond donors (Lipinski definition) is 0. The van der Waals surface area contributed by atoms with Gasteiger partial charge in [0.25, 0.3) is 0 Å². The molecule has 0 fully saturated rings. The second kappa shape index (κ2) is 6.29. The lowest BCUT2D eigenvalue weighted by atomic mass is 9.93. The molecule has 0 spiro atoms. The first-order chi connectivity index (χ1) is 13.4. The van der Waals surface area contributed by atoms with Crippen LogP contribution in [0.25, 0.3) is 10.8 Å². The molecule has 0 atom stereocenters. The summed E-state index contributed by atoms with van der Waals surface area (Å²) >= 11 is 0. The van der Waals surface area contributed by atoms with Crippen molar-refractivity contribution >= 4 is 27.9 Å². The topological polar surface area (TPSA) is 24.8 Å². The second-order valence-corrected chi connectivity index (χ2v) is 6.48. The Morgan fingerprint density at radius 2 is 1.48 bits per heavy atom. The molecule has 0 aromatic heterocycles. The molecule has 1 aliphatic heterocycles. The molecule has 3 heteroatoms. The van der Waals surface area contributed by atoms with Crippen molar-refractivity contribution in [3.63, 3.8) is 0 Å². The minimum atomic E-state index is 0.873. The Bertz CT molecular complexity index is 1150. The van der Waals surface area contributed by atoms with Crippen molar-refractivity contribution in [3.8, 4) is 5.75 Å². The van der Waals surface area contributed by atoms with Crippen molar-refractivity contribution in [2.75, 3.05) is 12.1 Å². The maximum absolute atomic E-state index is 5.63. The molecular weight excluding hydrogens is 332 g/mol. The smallest absolute Gasteiger partial charge is 0.126 e. The van der Waals surface area contributed by atoms with Crippen LogP contribution in [0, 0.1) is 0 Å². The van der Waals surface area contributed by atoms with Gasteiger partial charge in [-0.15, -0.1) is 0 Å². The van der Waals surface area contributed by atoms with Gasteiger partial charge in [0.1, 0.15) is 5.75 Å². The minimum absolute atomic E-state index is 0.873. The highest BCUT2D eigenvalue weighted by Crippen LogP contribution is 2.42. The zero-order valence-corrected chi connectivity index (χ0v) is 15.0. The summed E-state index contributed by atoms with van der Waals surface area (Å²) in [6.45, 7) is 0. The van der Waals surface area contributed by atoms with Gasteiger partial charge in [0.15, 0.2) is 0 Å². The van der Waals surface area contributed by atoms with E-state index in [9.17, 15) is 0 Å². The summed E-state index contributed by atoms with van der Waals surface area (Å²) in [7, 11) is 1.72. The predicted molar refractivity (Wildman–Crippen MR) is 111 cm³/mol. The van der Waals surface area contributed by atoms with Gasteiger partial charge in [-0.2, -0.15) is 5.10 Å². The number of para-hydroxylation sites is 1. The molecule has 4 aromatic rings. The lowest BCUT2D eigenvalue weighted by Crippen LogP contribution is -2.20. The maximum Gasteiger partial charge on any atom is 0.126 e. The number of benzene rings is 4. The fourth-order valence-corrected chi connectivity index (χ4v) is 3.70. The molecule has 0 saturated carbocycles. The summed E-state index contributed by atoms with van der Waals surface area (Å²) in [5.41, 5.74) is 5.28. The minimum Gasteiger partial charge on any atom is -0.496 e. The van der Waals surface area contributed by atoms with E-state index in [2.05, 4.69) is 48.5 Å². The predicted octanol–water partition coefficient (Wildman–Crippen LogP) is 5.75. The van der Waals surface area contributed by atoms with E-state index in [1.54, 1.807) is 7.11 Å². The van der Waals surface area contributed by atoms with Gasteiger partial charge in [-0.3, -0.25) is 0 Å². The molecule has 5 rings (SSSR count). The van der Waals surface area contributed by atoms with Crippen LogP contribution in [0.5, 0.6) is 5.75 Å². The first-order valence-corrected chi connectivity index (χ1v) is 8.96. The van der Waals surface area contributed by atoms with Crippen molar-refractivity contribution < 1.29 is 4.74 Å². The molecule has 0 saturated heterocycles. The Morgan fingerprint density at radius 1 is 0.741 bits per heavy atom. The van der Waals surface area contributed by atoms with E-state index < -0.39 is 0 Å². The first-order valence-electron chi connectivity index (χ1n) is 8.96. The average molecular weight is 350 g/mol. The van der Waals surface area contributed by atoms with Crippen LogP contribution >= 0.6 is 0 Å².